The summed E-state index contributed by atoms with van der Waals surface area (Å²) >= 11 is 0. The monoisotopic (exact) mass is 226 g/mol. The molecule has 1 fully saturated rings. The maximum Gasteiger partial charge on any atom is 0.221 e. The molecule has 1 aromatic carbocycles. The number of carbonyl (C=O) groups excluding carboxylic acids is 1. The molecule has 86 valence electrons. The van der Waals surface area contributed by atoms with Crippen molar-refractivity contribution in [1.82, 2.24) is 0 Å². The highest BCUT2D eigenvalue weighted by Crippen LogP contribution is 2.47. The molecule has 3 nitrogen and oxygen atoms in total. The van der Waals surface area contributed by atoms with Crippen molar-refractivity contribution in [3.63, 3.8) is 0 Å². The Balaban J connectivity index is 2.16. The molecule has 3 heteroatoms. The van der Waals surface area contributed by atoms with Crippen LogP contribution in [0.25, 0.3) is 6.08 Å². The molecule has 17 heavy (non-hydrogen) atoms. The molecule has 0 bridgehead atoms. The minimum absolute atomic E-state index is 0.244. The summed E-state index contributed by atoms with van der Waals surface area (Å²) in [7, 11) is 0. The third kappa shape index (κ3) is 2.54. The number of nitrogens with zero attached hydrogens (tertiary/aromatic N) is 1. The lowest BCUT2D eigenvalue weighted by molar-refractivity contribution is -0.117. The summed E-state index contributed by atoms with van der Waals surface area (Å²) < 4.78 is 0. The Bertz CT molecular complexity index is 507. The van der Waals surface area contributed by atoms with E-state index in [9.17, 15) is 4.79 Å². The summed E-state index contributed by atoms with van der Waals surface area (Å²) in [5.74, 6) is -0.340. The number of carbonyl (C=O) groups is 1. The Kier molecular flexibility index (Phi) is 2.97. The van der Waals surface area contributed by atoms with Crippen molar-refractivity contribution in [3.05, 3.63) is 41.5 Å². The minimum Gasteiger partial charge on any atom is -0.369 e. The van der Waals surface area contributed by atoms with Gasteiger partial charge in [-0.25, -0.2) is 0 Å². The van der Waals surface area contributed by atoms with Gasteiger partial charge in [0.15, 0.2) is 0 Å². The summed E-state index contributed by atoms with van der Waals surface area (Å²) in [5, 5.41) is 9.12. The second-order valence-electron chi connectivity index (χ2n) is 4.39. The fourth-order valence-corrected chi connectivity index (χ4v) is 1.84. The second-order valence-corrected chi connectivity index (χ2v) is 4.39. The Hall–Kier alpha value is -2.08. The average Bonchev–Trinajstić information content (AvgIpc) is 3.10. The maximum atomic E-state index is 10.6. The summed E-state index contributed by atoms with van der Waals surface area (Å²) in [6.07, 6.45) is 5.73. The van der Waals surface area contributed by atoms with Gasteiger partial charge in [0, 0.05) is 6.42 Å². The van der Waals surface area contributed by atoms with Gasteiger partial charge in [-0.05, 0) is 24.0 Å². The van der Waals surface area contributed by atoms with Crippen molar-refractivity contribution in [2.45, 2.75) is 24.7 Å². The number of benzene rings is 1. The van der Waals surface area contributed by atoms with Crippen LogP contribution in [0.3, 0.4) is 0 Å². The van der Waals surface area contributed by atoms with Gasteiger partial charge in [0.05, 0.1) is 11.5 Å². The lowest BCUT2D eigenvalue weighted by Crippen LogP contribution is -2.07. The van der Waals surface area contributed by atoms with E-state index < -0.39 is 0 Å². The van der Waals surface area contributed by atoms with Gasteiger partial charge in [-0.15, -0.1) is 0 Å². The number of primary amides is 1. The number of nitrogens with two attached hydrogens (primary N) is 1. The standard InChI is InChI=1S/C14H14N2O/c15-10-14(7-8-14)12-5-1-3-11(9-12)4-2-6-13(16)17/h1-5,9H,6-8H2,(H2,16,17). The Morgan fingerprint density at radius 1 is 1.53 bits per heavy atom. The van der Waals surface area contributed by atoms with Crippen LogP contribution in [0.4, 0.5) is 0 Å². The van der Waals surface area contributed by atoms with E-state index in [4.69, 9.17) is 11.0 Å². The van der Waals surface area contributed by atoms with Crippen molar-refractivity contribution in [2.24, 2.45) is 5.73 Å². The quantitative estimate of drug-likeness (QED) is 0.854. The Morgan fingerprint density at radius 3 is 2.88 bits per heavy atom. The summed E-state index contributed by atoms with van der Waals surface area (Å²) in [4.78, 5) is 10.6. The van der Waals surface area contributed by atoms with E-state index in [1.165, 1.54) is 0 Å². The van der Waals surface area contributed by atoms with Crippen molar-refractivity contribution >= 4 is 12.0 Å². The normalized spacial score (nSPS) is 16.6. The zero-order valence-electron chi connectivity index (χ0n) is 9.52. The molecule has 0 heterocycles. The van der Waals surface area contributed by atoms with Gasteiger partial charge in [-0.3, -0.25) is 4.79 Å². The predicted octanol–water partition coefficient (Wildman–Crippen LogP) is 2.13. The van der Waals surface area contributed by atoms with Crippen molar-refractivity contribution < 1.29 is 4.79 Å². The highest BCUT2D eigenvalue weighted by molar-refractivity contribution is 5.76. The molecular formula is C14H14N2O. The van der Waals surface area contributed by atoms with Crippen LogP contribution in [0, 0.1) is 11.3 Å². The van der Waals surface area contributed by atoms with E-state index in [0.29, 0.717) is 0 Å². The van der Waals surface area contributed by atoms with Crippen LogP contribution in [0.1, 0.15) is 30.4 Å². The van der Waals surface area contributed by atoms with E-state index in [2.05, 4.69) is 6.07 Å². The van der Waals surface area contributed by atoms with Gasteiger partial charge in [0.2, 0.25) is 5.91 Å². The number of hydrogen-bond donors (Lipinski definition) is 1. The molecule has 0 aromatic heterocycles. The van der Waals surface area contributed by atoms with Gasteiger partial charge in [0.25, 0.3) is 0 Å². The van der Waals surface area contributed by atoms with Gasteiger partial charge >= 0.3 is 0 Å². The Labute approximate surface area is 101 Å². The van der Waals surface area contributed by atoms with Crippen LogP contribution in [-0.4, -0.2) is 5.91 Å². The molecule has 0 saturated heterocycles. The lowest BCUT2D eigenvalue weighted by Gasteiger charge is -2.06. The molecule has 1 saturated carbocycles. The average molecular weight is 226 g/mol. The van der Waals surface area contributed by atoms with Crippen molar-refractivity contribution in [1.29, 1.82) is 5.26 Å². The molecule has 1 aliphatic rings. The van der Waals surface area contributed by atoms with Gasteiger partial charge < -0.3 is 5.73 Å². The molecule has 1 aromatic rings. The molecule has 0 radical (unpaired) electrons. The van der Waals surface area contributed by atoms with Crippen LogP contribution in [0.2, 0.25) is 0 Å². The van der Waals surface area contributed by atoms with Crippen molar-refractivity contribution in [2.75, 3.05) is 0 Å². The van der Waals surface area contributed by atoms with E-state index >= 15 is 0 Å². The highest BCUT2D eigenvalue weighted by Gasteiger charge is 2.44. The van der Waals surface area contributed by atoms with E-state index in [-0.39, 0.29) is 17.7 Å². The summed E-state index contributed by atoms with van der Waals surface area (Å²) in [6.45, 7) is 0. The van der Waals surface area contributed by atoms with E-state index in [1.807, 2.05) is 30.3 Å². The first kappa shape index (κ1) is 11.4. The third-order valence-corrected chi connectivity index (χ3v) is 3.03. The number of amides is 1. The summed E-state index contributed by atoms with van der Waals surface area (Å²) in [5.41, 5.74) is 6.87. The van der Waals surface area contributed by atoms with Gasteiger partial charge in [-0.2, -0.15) is 5.26 Å². The fraction of sp³-hybridized carbons (Fsp3) is 0.286. The zero-order valence-corrected chi connectivity index (χ0v) is 9.52. The molecule has 1 aliphatic carbocycles. The van der Waals surface area contributed by atoms with E-state index in [1.54, 1.807) is 6.08 Å². The van der Waals surface area contributed by atoms with E-state index in [0.717, 1.165) is 24.0 Å². The maximum absolute atomic E-state index is 10.6. The molecule has 0 aliphatic heterocycles. The molecule has 0 atom stereocenters. The number of nitriles is 1. The number of hydrogen-bond acceptors (Lipinski definition) is 2. The van der Waals surface area contributed by atoms with Crippen molar-refractivity contribution in [3.8, 4) is 6.07 Å². The molecule has 2 N–H and O–H groups in total. The smallest absolute Gasteiger partial charge is 0.221 e. The zero-order chi connectivity index (χ0) is 12.3. The number of rotatable bonds is 4. The SMILES string of the molecule is N#CC1(c2cccc(C=CCC(N)=O)c2)CC1. The molecule has 2 rings (SSSR count). The van der Waals surface area contributed by atoms with Crippen LogP contribution in [-0.2, 0) is 10.2 Å². The van der Waals surface area contributed by atoms with Gasteiger partial charge in [-0.1, -0.05) is 36.4 Å². The Morgan fingerprint density at radius 2 is 2.29 bits per heavy atom. The third-order valence-electron chi connectivity index (χ3n) is 3.03. The molecule has 0 unspecified atom stereocenters. The van der Waals surface area contributed by atoms with Gasteiger partial charge in [0.1, 0.15) is 0 Å². The lowest BCUT2D eigenvalue weighted by atomic mass is 9.96. The largest absolute Gasteiger partial charge is 0.369 e. The summed E-state index contributed by atoms with van der Waals surface area (Å²) in [6, 6.07) is 10.3. The minimum atomic E-state index is -0.340. The first-order chi connectivity index (χ1) is 8.16. The first-order valence-electron chi connectivity index (χ1n) is 5.63. The fourth-order valence-electron chi connectivity index (χ4n) is 1.84. The topological polar surface area (TPSA) is 66.9 Å². The molecular weight excluding hydrogens is 212 g/mol. The van der Waals surface area contributed by atoms with Crippen LogP contribution in [0.5, 0.6) is 0 Å². The first-order valence-corrected chi connectivity index (χ1v) is 5.63. The molecule has 0 spiro atoms. The predicted molar refractivity (Wildman–Crippen MR) is 65.8 cm³/mol. The second kappa shape index (κ2) is 4.42. The van der Waals surface area contributed by atoms with Crippen LogP contribution < -0.4 is 5.73 Å². The highest BCUT2D eigenvalue weighted by atomic mass is 16.1. The molecule has 1 amide bonds. The van der Waals surface area contributed by atoms with Crippen LogP contribution >= 0.6 is 0 Å². The van der Waals surface area contributed by atoms with Crippen LogP contribution in [0.15, 0.2) is 30.3 Å².